The molecule has 0 amide bonds. The first-order valence-corrected chi connectivity index (χ1v) is 20.5. The van der Waals surface area contributed by atoms with Crippen LogP contribution in [0.2, 0.25) is 0 Å². The number of likely N-dealkylation sites (tertiary alicyclic amines) is 1. The van der Waals surface area contributed by atoms with Crippen LogP contribution >= 0.6 is 0 Å². The number of aromatic nitrogens is 3. The van der Waals surface area contributed by atoms with E-state index < -0.39 is 17.2 Å². The fraction of sp³-hybridized carbons (Fsp3) is 0.578. The normalized spacial score (nSPS) is 23.4. The van der Waals surface area contributed by atoms with Crippen LogP contribution in [0.25, 0.3) is 32.9 Å². The fourth-order valence-corrected chi connectivity index (χ4v) is 9.30. The van der Waals surface area contributed by atoms with Gasteiger partial charge in [-0.05, 0) is 93.3 Å². The van der Waals surface area contributed by atoms with Crippen molar-refractivity contribution in [3.8, 4) is 41.2 Å². The van der Waals surface area contributed by atoms with E-state index in [0.717, 1.165) is 51.7 Å². The highest BCUT2D eigenvalue weighted by atomic mass is 19.1. The summed E-state index contributed by atoms with van der Waals surface area (Å²) < 4.78 is 50.7. The number of phenolic OH excluding ortho intramolecular Hbond substituents is 1. The van der Waals surface area contributed by atoms with Crippen LogP contribution in [0.15, 0.2) is 24.3 Å². The molecule has 57 heavy (non-hydrogen) atoms. The quantitative estimate of drug-likeness (QED) is 0.144. The average Bonchev–Trinajstić information content (AvgIpc) is 3.37. The summed E-state index contributed by atoms with van der Waals surface area (Å²) in [7, 11) is 1.41. The molecule has 4 aromatic rings. The van der Waals surface area contributed by atoms with Crippen molar-refractivity contribution in [1.82, 2.24) is 19.9 Å². The second kappa shape index (κ2) is 16.5. The van der Waals surface area contributed by atoms with Crippen molar-refractivity contribution in [3.05, 3.63) is 41.5 Å². The van der Waals surface area contributed by atoms with Crippen molar-refractivity contribution in [2.75, 3.05) is 64.6 Å². The van der Waals surface area contributed by atoms with Crippen molar-refractivity contribution in [1.29, 1.82) is 0 Å². The minimum atomic E-state index is -1.24. The van der Waals surface area contributed by atoms with E-state index in [9.17, 15) is 10.2 Å². The number of phenols is 1. The molecule has 4 heterocycles. The van der Waals surface area contributed by atoms with Gasteiger partial charge in [0.1, 0.15) is 39.6 Å². The van der Waals surface area contributed by atoms with E-state index in [1.165, 1.54) is 57.1 Å². The third-order valence-electron chi connectivity index (χ3n) is 12.4. The highest BCUT2D eigenvalue weighted by Gasteiger charge is 2.39. The molecule has 3 fully saturated rings. The molecule has 7 rings (SSSR count). The molecule has 1 aliphatic carbocycles. The topological polar surface area (TPSA) is 113 Å². The maximum Gasteiger partial charge on any atom is 0.319 e. The van der Waals surface area contributed by atoms with E-state index >= 15 is 8.78 Å². The molecule has 2 aromatic carbocycles. The molecule has 12 heteroatoms. The number of hydrogen-bond acceptors (Lipinski definition) is 10. The number of β-amino-alcohol motifs (C(OH)–C–C–N with tert-alkyl or cyclic N) is 1. The number of halogens is 2. The van der Waals surface area contributed by atoms with Gasteiger partial charge < -0.3 is 34.2 Å². The van der Waals surface area contributed by atoms with Gasteiger partial charge in [-0.1, -0.05) is 45.6 Å². The number of unbranched alkanes of at least 4 members (excludes halogenated alkanes) is 1. The minimum Gasteiger partial charge on any atom is -0.508 e. The molecule has 2 atom stereocenters. The van der Waals surface area contributed by atoms with Crippen LogP contribution in [-0.4, -0.2) is 95.3 Å². The van der Waals surface area contributed by atoms with Crippen LogP contribution < -0.4 is 14.4 Å². The minimum absolute atomic E-state index is 0.00338. The molecule has 2 saturated heterocycles. The summed E-state index contributed by atoms with van der Waals surface area (Å²) in [6.45, 7) is 12.9. The SMILES string of the molecule is C#Cc1c(F)ccc2cc(O)cc(-c3nc(OC)c4c(N5CCOC[C@@](C)(O)C5)nc(OC[C@@]5(CCCC)CCCN(CC6CCC(C)(C)CC6)C5)nc4c3F)c12. The van der Waals surface area contributed by atoms with Gasteiger partial charge in [-0.25, -0.2) is 13.8 Å². The number of hydrogen-bond donors (Lipinski definition) is 2. The summed E-state index contributed by atoms with van der Waals surface area (Å²) in [5.41, 5.74) is -1.35. The van der Waals surface area contributed by atoms with Crippen molar-refractivity contribution in [2.24, 2.45) is 16.7 Å². The van der Waals surface area contributed by atoms with Gasteiger partial charge in [-0.15, -0.1) is 6.42 Å². The summed E-state index contributed by atoms with van der Waals surface area (Å²) in [6, 6.07) is 5.41. The molecule has 10 nitrogen and oxygen atoms in total. The summed E-state index contributed by atoms with van der Waals surface area (Å²) >= 11 is 0. The number of terminal acetylenes is 1. The Labute approximate surface area is 334 Å². The molecule has 2 aliphatic heterocycles. The molecule has 1 saturated carbocycles. The average molecular weight is 786 g/mol. The van der Waals surface area contributed by atoms with Crippen molar-refractivity contribution in [2.45, 2.75) is 91.1 Å². The molecule has 306 valence electrons. The Bertz CT molecular complexity index is 2150. The maximum absolute atomic E-state index is 17.4. The van der Waals surface area contributed by atoms with Crippen molar-refractivity contribution < 1.29 is 33.2 Å². The number of benzene rings is 2. The highest BCUT2D eigenvalue weighted by molar-refractivity contribution is 6.04. The Kier molecular flexibility index (Phi) is 11.8. The van der Waals surface area contributed by atoms with Crippen molar-refractivity contribution >= 4 is 27.5 Å². The second-order valence-electron chi connectivity index (χ2n) is 17.8. The van der Waals surface area contributed by atoms with Gasteiger partial charge in [0, 0.05) is 36.0 Å². The van der Waals surface area contributed by atoms with Gasteiger partial charge in [-0.3, -0.25) is 0 Å². The van der Waals surface area contributed by atoms with Crippen LogP contribution in [0.3, 0.4) is 0 Å². The number of aromatic hydroxyl groups is 1. The largest absolute Gasteiger partial charge is 0.508 e. The number of piperidine rings is 1. The highest BCUT2D eigenvalue weighted by Crippen LogP contribution is 2.44. The van der Waals surface area contributed by atoms with Crippen molar-refractivity contribution in [3.63, 3.8) is 0 Å². The zero-order valence-corrected chi connectivity index (χ0v) is 34.1. The summed E-state index contributed by atoms with van der Waals surface area (Å²) in [4.78, 5) is 18.7. The predicted molar refractivity (Wildman–Crippen MR) is 219 cm³/mol. The Hall–Kier alpha value is -4.31. The van der Waals surface area contributed by atoms with E-state index in [1.807, 2.05) is 4.90 Å². The number of methoxy groups -OCH3 is 1. The number of rotatable bonds is 11. The molecular formula is C45H57F2N5O5. The molecule has 0 unspecified atom stereocenters. The van der Waals surface area contributed by atoms with Crippen LogP contribution in [0.1, 0.15) is 91.0 Å². The van der Waals surface area contributed by atoms with Gasteiger partial charge >= 0.3 is 6.01 Å². The zero-order chi connectivity index (χ0) is 40.5. The summed E-state index contributed by atoms with van der Waals surface area (Å²) in [5, 5.41) is 22.8. The van der Waals surface area contributed by atoms with Gasteiger partial charge in [0.2, 0.25) is 5.88 Å². The number of nitrogens with zero attached hydrogens (tertiary/aromatic N) is 5. The Morgan fingerprint density at radius 3 is 2.56 bits per heavy atom. The zero-order valence-electron chi connectivity index (χ0n) is 34.1. The second-order valence-corrected chi connectivity index (χ2v) is 17.8. The number of ether oxygens (including phenoxy) is 3. The van der Waals surface area contributed by atoms with Crippen LogP contribution in [-0.2, 0) is 4.74 Å². The number of aliphatic hydroxyl groups is 1. The van der Waals surface area contributed by atoms with E-state index in [2.05, 4.69) is 36.6 Å². The smallest absolute Gasteiger partial charge is 0.319 e. The summed E-state index contributed by atoms with van der Waals surface area (Å²) in [6.07, 6.45) is 16.0. The lowest BCUT2D eigenvalue weighted by atomic mass is 9.72. The first-order valence-electron chi connectivity index (χ1n) is 20.5. The number of fused-ring (bicyclic) bond motifs is 2. The molecule has 0 radical (unpaired) electrons. The third kappa shape index (κ3) is 8.76. The van der Waals surface area contributed by atoms with Gasteiger partial charge in [0.05, 0.1) is 39.0 Å². The maximum atomic E-state index is 17.4. The Morgan fingerprint density at radius 1 is 1.04 bits per heavy atom. The van der Waals surface area contributed by atoms with E-state index in [-0.39, 0.29) is 81.7 Å². The lowest BCUT2D eigenvalue weighted by molar-refractivity contribution is -0.0123. The Morgan fingerprint density at radius 2 is 1.82 bits per heavy atom. The summed E-state index contributed by atoms with van der Waals surface area (Å²) in [5.74, 6) is 1.66. The number of pyridine rings is 1. The lowest BCUT2D eigenvalue weighted by Gasteiger charge is -2.45. The van der Waals surface area contributed by atoms with Crippen LogP contribution in [0, 0.1) is 40.7 Å². The van der Waals surface area contributed by atoms with Gasteiger partial charge in [0.15, 0.2) is 5.82 Å². The Balaban J connectivity index is 1.32. The molecule has 3 aliphatic rings. The molecule has 0 bridgehead atoms. The first kappa shape index (κ1) is 40.9. The molecule has 2 aromatic heterocycles. The first-order chi connectivity index (χ1) is 27.2. The lowest BCUT2D eigenvalue weighted by Crippen LogP contribution is -2.48. The number of anilines is 1. The van der Waals surface area contributed by atoms with Gasteiger partial charge in [-0.2, -0.15) is 9.97 Å². The van der Waals surface area contributed by atoms with E-state index in [4.69, 9.17) is 30.6 Å². The monoisotopic (exact) mass is 785 g/mol. The standard InChI is InChI=1S/C45H57F2N5O5/c1-7-9-15-45(16-10-19-51(26-45)24-29-13-17-43(3,4)18-14-29)28-57-42-49-39-36(40(50-42)52-20-21-56-27-44(5,54)25-52)41(55-6)48-38(37(39)47)33-23-31(53)22-30-11-12-34(46)32(8-2)35(30)33/h2,11-12,22-23,29,53-54H,7,9-10,13-21,24-28H2,1,3-6H3/t44-,45-/m0/s1. The molecule has 2 N–H and O–H groups in total. The fourth-order valence-electron chi connectivity index (χ4n) is 9.30. The van der Waals surface area contributed by atoms with Gasteiger partial charge in [0.25, 0.3) is 0 Å². The van der Waals surface area contributed by atoms with E-state index in [0.29, 0.717) is 29.9 Å². The predicted octanol–water partition coefficient (Wildman–Crippen LogP) is 8.27. The molecular weight excluding hydrogens is 729 g/mol. The van der Waals surface area contributed by atoms with E-state index in [1.54, 1.807) is 6.92 Å². The molecule has 0 spiro atoms. The third-order valence-corrected chi connectivity index (χ3v) is 12.4. The van der Waals surface area contributed by atoms with Crippen LogP contribution in [0.4, 0.5) is 14.6 Å². The van der Waals surface area contributed by atoms with Crippen LogP contribution in [0.5, 0.6) is 17.6 Å².